The summed E-state index contributed by atoms with van der Waals surface area (Å²) in [5.74, 6) is -3.16. The lowest BCUT2D eigenvalue weighted by Gasteiger charge is -2.40. The second kappa shape index (κ2) is 50.9. The smallest absolute Gasteiger partial charge is 0.335 e. The number of carboxylic acid groups (broad SMARTS) is 1. The van der Waals surface area contributed by atoms with Crippen LogP contribution in [-0.2, 0) is 42.9 Å². The molecule has 1 saturated heterocycles. The number of ether oxygens (including phenoxy) is 5. The van der Waals surface area contributed by atoms with Crippen molar-refractivity contribution in [3.05, 3.63) is 72.9 Å². The number of hydrogen-bond donors (Lipinski definition) is 3. The van der Waals surface area contributed by atoms with Crippen molar-refractivity contribution in [2.24, 2.45) is 0 Å². The fraction of sp³-hybridized carbons (Fsp3) is 0.746. The van der Waals surface area contributed by atoms with E-state index in [9.17, 15) is 34.5 Å². The Morgan fingerprint density at radius 3 is 1.29 bits per heavy atom. The van der Waals surface area contributed by atoms with Gasteiger partial charge in [-0.25, -0.2) is 4.79 Å². The Kier molecular flexibility index (Phi) is 47.0. The number of carbonyl (C=O) groups is 4. The van der Waals surface area contributed by atoms with Gasteiger partial charge in [0.15, 0.2) is 24.6 Å². The molecule has 1 rings (SSSR count). The van der Waals surface area contributed by atoms with Crippen molar-refractivity contribution in [2.75, 3.05) is 13.2 Å². The van der Waals surface area contributed by atoms with E-state index in [4.69, 9.17) is 23.7 Å². The molecule has 75 heavy (non-hydrogen) atoms. The second-order valence-electron chi connectivity index (χ2n) is 20.2. The van der Waals surface area contributed by atoms with Crippen molar-refractivity contribution in [3.63, 3.8) is 0 Å². The minimum Gasteiger partial charge on any atom is -0.479 e. The quantitative estimate of drug-likeness (QED) is 0.0228. The van der Waals surface area contributed by atoms with Crippen LogP contribution in [0.1, 0.15) is 252 Å². The molecule has 0 aromatic carbocycles. The summed E-state index contributed by atoms with van der Waals surface area (Å²) < 4.78 is 28.4. The number of aliphatic carboxylic acids is 1. The van der Waals surface area contributed by atoms with Crippen molar-refractivity contribution in [1.82, 2.24) is 0 Å². The van der Waals surface area contributed by atoms with Crippen LogP contribution in [0.4, 0.5) is 0 Å². The molecule has 0 amide bonds. The van der Waals surface area contributed by atoms with E-state index in [0.29, 0.717) is 19.3 Å². The minimum atomic E-state index is -1.91. The van der Waals surface area contributed by atoms with E-state index in [1.165, 1.54) is 70.6 Å². The molecule has 0 radical (unpaired) electrons. The molecule has 0 spiro atoms. The number of carbonyl (C=O) groups excluding carboxylic acids is 3. The largest absolute Gasteiger partial charge is 0.479 e. The van der Waals surface area contributed by atoms with E-state index in [0.717, 1.165) is 122 Å². The van der Waals surface area contributed by atoms with Gasteiger partial charge < -0.3 is 39.0 Å². The SMILES string of the molecule is CC/C=C\C/C=C\C/C=C\CCCCCCCCCC(=O)OCC(COC1OC(C(=O)O)C(O)C(O)C1OC(=O)CCCCCCCCCCCCCCCCC)OC(=O)CCCCC/C=C\C/C=C\C/C=C\CC. The van der Waals surface area contributed by atoms with Crippen LogP contribution in [0, 0.1) is 0 Å². The zero-order valence-electron chi connectivity index (χ0n) is 47.3. The Labute approximate surface area is 455 Å². The van der Waals surface area contributed by atoms with Gasteiger partial charge >= 0.3 is 23.9 Å². The van der Waals surface area contributed by atoms with Crippen LogP contribution in [0.25, 0.3) is 0 Å². The van der Waals surface area contributed by atoms with Crippen LogP contribution < -0.4 is 0 Å². The molecule has 1 heterocycles. The summed E-state index contributed by atoms with van der Waals surface area (Å²) in [6.07, 6.45) is 51.6. The molecule has 12 nitrogen and oxygen atoms in total. The molecule has 0 aromatic rings. The number of unbranched alkanes of at least 4 members (excludes halogenated alkanes) is 24. The summed E-state index contributed by atoms with van der Waals surface area (Å²) in [5, 5.41) is 31.5. The Hall–Kier alpha value is -3.84. The highest BCUT2D eigenvalue weighted by atomic mass is 16.7. The Balaban J connectivity index is 2.69. The molecule has 1 aliphatic rings. The molecule has 6 atom stereocenters. The van der Waals surface area contributed by atoms with Crippen LogP contribution in [-0.4, -0.2) is 89.2 Å². The Bertz CT molecular complexity index is 1580. The predicted molar refractivity (Wildman–Crippen MR) is 303 cm³/mol. The lowest BCUT2D eigenvalue weighted by atomic mass is 9.98. The Morgan fingerprint density at radius 2 is 0.840 bits per heavy atom. The number of carboxylic acids is 1. The topological polar surface area (TPSA) is 175 Å². The molecule has 1 fully saturated rings. The predicted octanol–water partition coefficient (Wildman–Crippen LogP) is 15.3. The van der Waals surface area contributed by atoms with E-state index in [1.807, 2.05) is 0 Å². The van der Waals surface area contributed by atoms with Gasteiger partial charge in [-0.1, -0.05) is 222 Å². The van der Waals surface area contributed by atoms with E-state index in [-0.39, 0.29) is 25.9 Å². The van der Waals surface area contributed by atoms with Gasteiger partial charge in [0.1, 0.15) is 18.8 Å². The molecule has 3 N–H and O–H groups in total. The molecule has 12 heteroatoms. The fourth-order valence-corrected chi connectivity index (χ4v) is 8.75. The zero-order chi connectivity index (χ0) is 54.7. The minimum absolute atomic E-state index is 0.0575. The van der Waals surface area contributed by atoms with Gasteiger partial charge in [-0.2, -0.15) is 0 Å². The summed E-state index contributed by atoms with van der Waals surface area (Å²) in [5.41, 5.74) is 0. The van der Waals surface area contributed by atoms with Crippen LogP contribution in [0.2, 0.25) is 0 Å². The highest BCUT2D eigenvalue weighted by Crippen LogP contribution is 2.26. The van der Waals surface area contributed by atoms with E-state index in [2.05, 4.69) is 93.7 Å². The van der Waals surface area contributed by atoms with Crippen molar-refractivity contribution in [2.45, 2.75) is 289 Å². The van der Waals surface area contributed by atoms with Crippen molar-refractivity contribution >= 4 is 23.9 Å². The normalized spacial score (nSPS) is 18.7. The molecule has 430 valence electrons. The van der Waals surface area contributed by atoms with Crippen molar-refractivity contribution in [1.29, 1.82) is 0 Å². The van der Waals surface area contributed by atoms with Crippen molar-refractivity contribution < 1.29 is 58.2 Å². The van der Waals surface area contributed by atoms with Gasteiger partial charge in [0.25, 0.3) is 0 Å². The number of rotatable bonds is 50. The van der Waals surface area contributed by atoms with Gasteiger partial charge in [0.05, 0.1) is 6.61 Å². The first-order chi connectivity index (χ1) is 36.6. The lowest BCUT2D eigenvalue weighted by Crippen LogP contribution is -2.61. The first-order valence-corrected chi connectivity index (χ1v) is 29.9. The molecule has 6 unspecified atom stereocenters. The molecule has 0 saturated carbocycles. The van der Waals surface area contributed by atoms with Crippen LogP contribution in [0.3, 0.4) is 0 Å². The van der Waals surface area contributed by atoms with Crippen LogP contribution >= 0.6 is 0 Å². The van der Waals surface area contributed by atoms with E-state index < -0.39 is 67.3 Å². The number of hydrogen-bond acceptors (Lipinski definition) is 11. The summed E-state index contributed by atoms with van der Waals surface area (Å²) in [4.78, 5) is 51.1. The molecular weight excluding hydrogens is 949 g/mol. The van der Waals surface area contributed by atoms with Gasteiger partial charge in [0, 0.05) is 19.3 Å². The standard InChI is InChI=1S/C63H106O12/c1-4-7-10-13-16-19-22-25-27-28-30-32-34-37-40-43-46-49-55(64)71-52-54(73-56(65)50-47-44-41-38-35-31-24-21-18-15-12-9-6-3)53-72-63-61(59(68)58(67)60(75-63)62(69)70)74-57(66)51-48-45-42-39-36-33-29-26-23-20-17-14-11-8-5-2/h7,9-10,12,16,18-19,21,25,27,31,35,54,58-61,63,67-68H,4-6,8,11,13-15,17,20,22-24,26,28-30,32-34,36-53H2,1-3H3,(H,69,70)/b10-7-,12-9-,19-16-,21-18-,27-25-,35-31-. The first-order valence-electron chi connectivity index (χ1n) is 29.9. The number of aliphatic hydroxyl groups is 2. The summed E-state index contributed by atoms with van der Waals surface area (Å²) in [6.45, 7) is 5.74. The third-order valence-electron chi connectivity index (χ3n) is 13.3. The average molecular weight is 1060 g/mol. The van der Waals surface area contributed by atoms with Crippen LogP contribution in [0.15, 0.2) is 72.9 Å². The zero-order valence-corrected chi connectivity index (χ0v) is 47.3. The van der Waals surface area contributed by atoms with Crippen LogP contribution in [0.5, 0.6) is 0 Å². The van der Waals surface area contributed by atoms with Gasteiger partial charge in [-0.05, 0) is 83.5 Å². The molecule has 0 aliphatic carbocycles. The molecular formula is C63H106O12. The highest BCUT2D eigenvalue weighted by Gasteiger charge is 2.50. The second-order valence-corrected chi connectivity index (χ2v) is 20.2. The lowest BCUT2D eigenvalue weighted by molar-refractivity contribution is -0.301. The monoisotopic (exact) mass is 1050 g/mol. The van der Waals surface area contributed by atoms with Gasteiger partial charge in [0.2, 0.25) is 0 Å². The molecule has 0 bridgehead atoms. The maximum atomic E-state index is 13.1. The van der Waals surface area contributed by atoms with E-state index >= 15 is 0 Å². The molecule has 0 aromatic heterocycles. The third kappa shape index (κ3) is 41.0. The summed E-state index contributed by atoms with van der Waals surface area (Å²) in [6, 6.07) is 0. The summed E-state index contributed by atoms with van der Waals surface area (Å²) in [7, 11) is 0. The number of aliphatic hydroxyl groups excluding tert-OH is 2. The molecule has 1 aliphatic heterocycles. The average Bonchev–Trinajstić information content (AvgIpc) is 3.39. The first kappa shape index (κ1) is 69.2. The maximum absolute atomic E-state index is 13.1. The number of esters is 3. The van der Waals surface area contributed by atoms with Crippen molar-refractivity contribution in [3.8, 4) is 0 Å². The Morgan fingerprint density at radius 1 is 0.453 bits per heavy atom. The summed E-state index contributed by atoms with van der Waals surface area (Å²) >= 11 is 0. The van der Waals surface area contributed by atoms with E-state index in [1.54, 1.807) is 0 Å². The highest BCUT2D eigenvalue weighted by molar-refractivity contribution is 5.74. The maximum Gasteiger partial charge on any atom is 0.335 e. The van der Waals surface area contributed by atoms with Gasteiger partial charge in [-0.15, -0.1) is 0 Å². The van der Waals surface area contributed by atoms with Gasteiger partial charge in [-0.3, -0.25) is 14.4 Å². The fourth-order valence-electron chi connectivity index (χ4n) is 8.75. The number of allylic oxidation sites excluding steroid dienone is 12. The third-order valence-corrected chi connectivity index (χ3v) is 13.3.